The number of benzene rings is 2. The molecule has 0 aliphatic carbocycles. The van der Waals surface area contributed by atoms with Crippen LogP contribution in [-0.4, -0.2) is 67.4 Å². The van der Waals surface area contributed by atoms with Crippen LogP contribution in [0.25, 0.3) is 0 Å². The number of nitrogens with zero attached hydrogens (tertiary/aromatic N) is 3. The minimum absolute atomic E-state index is 0.0384. The third-order valence-corrected chi connectivity index (χ3v) is 6.17. The van der Waals surface area contributed by atoms with Crippen LogP contribution in [0, 0.1) is 0 Å². The first kappa shape index (κ1) is 26.0. The lowest BCUT2D eigenvalue weighted by atomic mass is 9.97. The molecule has 3 rings (SSSR count). The molecular weight excluding hydrogens is 441 g/mol. The fourth-order valence-electron chi connectivity index (χ4n) is 4.38. The summed E-state index contributed by atoms with van der Waals surface area (Å²) in [6, 6.07) is 11.6. The average Bonchev–Trinajstić information content (AvgIpc) is 2.79. The number of nitrogens with one attached hydrogen (secondary N) is 1. The van der Waals surface area contributed by atoms with Crippen molar-refractivity contribution in [1.29, 1.82) is 0 Å². The van der Waals surface area contributed by atoms with E-state index >= 15 is 0 Å². The standard InChI is InChI=1S/C26H35F3N4O/c1-4-13-32-14-12-22-20(18-32)9-7-11-24(22)30-17-25(34)33(16-15-31(2)3)19-21-8-5-6-10-23(21)26(27,28)29/h5-11,30H,4,12-19H2,1-3H3. The van der Waals surface area contributed by atoms with E-state index in [2.05, 4.69) is 23.2 Å². The number of rotatable bonds is 10. The number of hydrogen-bond acceptors (Lipinski definition) is 4. The molecule has 1 N–H and O–H groups in total. The fraction of sp³-hybridized carbons (Fsp3) is 0.500. The SMILES string of the molecule is CCCN1CCc2c(cccc2NCC(=O)N(CCN(C)C)Cc2ccccc2C(F)(F)F)C1. The molecule has 8 heteroatoms. The number of anilines is 1. The van der Waals surface area contributed by atoms with Gasteiger partial charge in [-0.3, -0.25) is 9.69 Å². The molecule has 2 aromatic rings. The van der Waals surface area contributed by atoms with Crippen LogP contribution in [0.1, 0.15) is 35.6 Å². The van der Waals surface area contributed by atoms with Gasteiger partial charge in [-0.05, 0) is 62.3 Å². The summed E-state index contributed by atoms with van der Waals surface area (Å²) in [5.74, 6) is -0.222. The third kappa shape index (κ3) is 6.96. The van der Waals surface area contributed by atoms with Crippen molar-refractivity contribution in [3.63, 3.8) is 0 Å². The van der Waals surface area contributed by atoms with Gasteiger partial charge < -0.3 is 15.1 Å². The molecule has 0 bridgehead atoms. The smallest absolute Gasteiger partial charge is 0.376 e. The number of carbonyl (C=O) groups excluding carboxylic acids is 1. The van der Waals surface area contributed by atoms with E-state index in [0.717, 1.165) is 44.2 Å². The Morgan fingerprint density at radius 2 is 1.85 bits per heavy atom. The van der Waals surface area contributed by atoms with Crippen LogP contribution in [0.15, 0.2) is 42.5 Å². The van der Waals surface area contributed by atoms with Crippen LogP contribution in [0.4, 0.5) is 18.9 Å². The van der Waals surface area contributed by atoms with Gasteiger partial charge in [0.05, 0.1) is 12.1 Å². The molecule has 0 saturated carbocycles. The quantitative estimate of drug-likeness (QED) is 0.549. The van der Waals surface area contributed by atoms with Gasteiger partial charge >= 0.3 is 6.18 Å². The van der Waals surface area contributed by atoms with Crippen LogP contribution in [0.2, 0.25) is 0 Å². The van der Waals surface area contributed by atoms with E-state index in [1.165, 1.54) is 28.2 Å². The zero-order valence-electron chi connectivity index (χ0n) is 20.3. The van der Waals surface area contributed by atoms with Crippen molar-refractivity contribution in [1.82, 2.24) is 14.7 Å². The number of hydrogen-bond donors (Lipinski definition) is 1. The molecule has 1 aliphatic heterocycles. The lowest BCUT2D eigenvalue weighted by Crippen LogP contribution is -2.40. The first-order valence-corrected chi connectivity index (χ1v) is 11.8. The third-order valence-electron chi connectivity index (χ3n) is 6.17. The molecule has 0 aromatic heterocycles. The van der Waals surface area contributed by atoms with Gasteiger partial charge in [-0.1, -0.05) is 37.3 Å². The lowest BCUT2D eigenvalue weighted by Gasteiger charge is -2.30. The van der Waals surface area contributed by atoms with Gasteiger partial charge in [0.25, 0.3) is 0 Å². The van der Waals surface area contributed by atoms with Gasteiger partial charge in [0.2, 0.25) is 5.91 Å². The second-order valence-corrected chi connectivity index (χ2v) is 9.10. The monoisotopic (exact) mass is 476 g/mol. The first-order valence-electron chi connectivity index (χ1n) is 11.8. The Labute approximate surface area is 200 Å². The number of alkyl halides is 3. The van der Waals surface area contributed by atoms with Crippen LogP contribution < -0.4 is 5.32 Å². The zero-order valence-corrected chi connectivity index (χ0v) is 20.3. The number of likely N-dealkylation sites (N-methyl/N-ethyl adjacent to an activating group) is 1. The van der Waals surface area contributed by atoms with E-state index in [0.29, 0.717) is 13.1 Å². The normalized spacial score (nSPS) is 14.2. The van der Waals surface area contributed by atoms with E-state index in [1.54, 1.807) is 6.07 Å². The highest BCUT2D eigenvalue weighted by Gasteiger charge is 2.33. The van der Waals surface area contributed by atoms with Crippen molar-refractivity contribution in [3.05, 3.63) is 64.7 Å². The largest absolute Gasteiger partial charge is 0.416 e. The topological polar surface area (TPSA) is 38.8 Å². The summed E-state index contributed by atoms with van der Waals surface area (Å²) in [7, 11) is 3.76. The van der Waals surface area contributed by atoms with Crippen molar-refractivity contribution in [2.24, 2.45) is 0 Å². The Kier molecular flexibility index (Phi) is 8.97. The number of amides is 1. The molecular formula is C26H35F3N4O. The predicted octanol–water partition coefficient (Wildman–Crippen LogP) is 4.48. The molecule has 186 valence electrons. The molecule has 0 fully saturated rings. The van der Waals surface area contributed by atoms with Crippen LogP contribution in [0.3, 0.4) is 0 Å². The summed E-state index contributed by atoms with van der Waals surface area (Å²) in [6.07, 6.45) is -2.43. The van der Waals surface area contributed by atoms with Gasteiger partial charge in [0, 0.05) is 38.4 Å². The van der Waals surface area contributed by atoms with E-state index in [1.807, 2.05) is 31.1 Å². The number of fused-ring (bicyclic) bond motifs is 1. The minimum atomic E-state index is -4.46. The average molecular weight is 477 g/mol. The highest BCUT2D eigenvalue weighted by Crippen LogP contribution is 2.32. The molecule has 5 nitrogen and oxygen atoms in total. The van der Waals surface area contributed by atoms with Crippen molar-refractivity contribution in [3.8, 4) is 0 Å². The van der Waals surface area contributed by atoms with Gasteiger partial charge in [-0.15, -0.1) is 0 Å². The maximum absolute atomic E-state index is 13.5. The maximum Gasteiger partial charge on any atom is 0.416 e. The number of carbonyl (C=O) groups is 1. The first-order chi connectivity index (χ1) is 16.2. The molecule has 0 atom stereocenters. The van der Waals surface area contributed by atoms with E-state index in [-0.39, 0.29) is 24.6 Å². The second-order valence-electron chi connectivity index (χ2n) is 9.10. The Morgan fingerprint density at radius 3 is 2.56 bits per heavy atom. The summed E-state index contributed by atoms with van der Waals surface area (Å²) in [5, 5.41) is 3.27. The van der Waals surface area contributed by atoms with Crippen molar-refractivity contribution < 1.29 is 18.0 Å². The van der Waals surface area contributed by atoms with E-state index < -0.39 is 11.7 Å². The Bertz CT molecular complexity index is 961. The van der Waals surface area contributed by atoms with Crippen molar-refractivity contribution in [2.75, 3.05) is 52.1 Å². The van der Waals surface area contributed by atoms with Crippen molar-refractivity contribution >= 4 is 11.6 Å². The molecule has 0 spiro atoms. The molecule has 0 saturated heterocycles. The molecule has 0 unspecified atom stereocenters. The molecule has 1 amide bonds. The molecule has 1 aliphatic rings. The van der Waals surface area contributed by atoms with E-state index in [4.69, 9.17) is 0 Å². The van der Waals surface area contributed by atoms with Gasteiger partial charge in [0.15, 0.2) is 0 Å². The van der Waals surface area contributed by atoms with Gasteiger partial charge in [0.1, 0.15) is 0 Å². The molecule has 34 heavy (non-hydrogen) atoms. The fourth-order valence-corrected chi connectivity index (χ4v) is 4.38. The zero-order chi connectivity index (χ0) is 24.7. The van der Waals surface area contributed by atoms with Crippen LogP contribution >= 0.6 is 0 Å². The van der Waals surface area contributed by atoms with Gasteiger partial charge in [-0.25, -0.2) is 0 Å². The van der Waals surface area contributed by atoms with Crippen molar-refractivity contribution in [2.45, 2.75) is 39.0 Å². The van der Waals surface area contributed by atoms with E-state index in [9.17, 15) is 18.0 Å². The summed E-state index contributed by atoms with van der Waals surface area (Å²) >= 11 is 0. The summed E-state index contributed by atoms with van der Waals surface area (Å²) in [6.45, 7) is 5.99. The second kappa shape index (κ2) is 11.7. The summed E-state index contributed by atoms with van der Waals surface area (Å²) < 4.78 is 40.5. The lowest BCUT2D eigenvalue weighted by molar-refractivity contribution is -0.139. The minimum Gasteiger partial charge on any atom is -0.376 e. The summed E-state index contributed by atoms with van der Waals surface area (Å²) in [4.78, 5) is 19.0. The maximum atomic E-state index is 13.5. The Hall–Kier alpha value is -2.58. The molecule has 2 aromatic carbocycles. The Balaban J connectivity index is 1.72. The van der Waals surface area contributed by atoms with Crippen LogP contribution in [0.5, 0.6) is 0 Å². The highest BCUT2D eigenvalue weighted by molar-refractivity contribution is 5.81. The van der Waals surface area contributed by atoms with Gasteiger partial charge in [-0.2, -0.15) is 13.2 Å². The molecule has 0 radical (unpaired) electrons. The predicted molar refractivity (Wildman–Crippen MR) is 130 cm³/mol. The summed E-state index contributed by atoms with van der Waals surface area (Å²) in [5.41, 5.74) is 2.84. The Morgan fingerprint density at radius 1 is 1.09 bits per heavy atom. The highest BCUT2D eigenvalue weighted by atomic mass is 19.4. The molecule has 1 heterocycles. The number of halogens is 3. The van der Waals surface area contributed by atoms with Crippen LogP contribution in [-0.2, 0) is 30.5 Å².